The second kappa shape index (κ2) is 5.31. The first-order valence-electron chi connectivity index (χ1n) is 5.68. The number of hydrogen-bond acceptors (Lipinski definition) is 1. The Balaban J connectivity index is 2.42. The van der Waals surface area contributed by atoms with Crippen LogP contribution in [-0.2, 0) is 6.11 Å². The fourth-order valence-corrected chi connectivity index (χ4v) is 1.76. The smallest absolute Gasteiger partial charge is 0.429 e. The van der Waals surface area contributed by atoms with E-state index in [4.69, 9.17) is 0 Å². The van der Waals surface area contributed by atoms with Crippen molar-refractivity contribution in [3.63, 3.8) is 0 Å². The molecule has 0 fully saturated rings. The molecular weight excluding hydrogens is 298 g/mol. The highest BCUT2D eigenvalue weighted by atomic mass is 19.3. The first-order chi connectivity index (χ1) is 9.69. The van der Waals surface area contributed by atoms with E-state index >= 15 is 0 Å². The SMILES string of the molecule is Cc1cc(F)c(C(F)(F)Oc2cc(F)cc(F)c2)c(F)c1. The summed E-state index contributed by atoms with van der Waals surface area (Å²) in [6.07, 6.45) is -4.43. The average Bonchev–Trinajstić information content (AvgIpc) is 2.23. The minimum Gasteiger partial charge on any atom is -0.429 e. The fourth-order valence-electron chi connectivity index (χ4n) is 1.76. The zero-order chi connectivity index (χ0) is 15.8. The molecule has 0 atom stereocenters. The van der Waals surface area contributed by atoms with Crippen molar-refractivity contribution in [3.8, 4) is 5.75 Å². The van der Waals surface area contributed by atoms with Gasteiger partial charge in [-0.1, -0.05) is 0 Å². The van der Waals surface area contributed by atoms with Gasteiger partial charge in [-0.3, -0.25) is 0 Å². The highest BCUT2D eigenvalue weighted by Gasteiger charge is 2.41. The summed E-state index contributed by atoms with van der Waals surface area (Å²) < 4.78 is 84.5. The lowest BCUT2D eigenvalue weighted by Gasteiger charge is -2.19. The van der Waals surface area contributed by atoms with Crippen molar-refractivity contribution in [1.82, 2.24) is 0 Å². The highest BCUT2D eigenvalue weighted by molar-refractivity contribution is 5.30. The zero-order valence-electron chi connectivity index (χ0n) is 10.6. The molecule has 0 aromatic heterocycles. The van der Waals surface area contributed by atoms with Crippen LogP contribution in [0.4, 0.5) is 26.3 Å². The monoisotopic (exact) mass is 306 g/mol. The number of alkyl halides is 2. The van der Waals surface area contributed by atoms with Crippen LogP contribution in [0.2, 0.25) is 0 Å². The van der Waals surface area contributed by atoms with Gasteiger partial charge in [0.15, 0.2) is 0 Å². The first kappa shape index (κ1) is 15.2. The molecule has 2 aromatic rings. The third-order valence-electron chi connectivity index (χ3n) is 2.56. The summed E-state index contributed by atoms with van der Waals surface area (Å²) in [5, 5.41) is 0. The molecule has 0 aliphatic carbocycles. The molecule has 0 bridgehead atoms. The van der Waals surface area contributed by atoms with Crippen LogP contribution in [0.5, 0.6) is 5.75 Å². The maximum Gasteiger partial charge on any atom is 0.432 e. The van der Waals surface area contributed by atoms with Crippen LogP contribution in [0.15, 0.2) is 30.3 Å². The molecule has 0 N–H and O–H groups in total. The van der Waals surface area contributed by atoms with E-state index in [9.17, 15) is 26.3 Å². The van der Waals surface area contributed by atoms with Gasteiger partial charge < -0.3 is 4.74 Å². The normalized spacial score (nSPS) is 11.6. The number of ether oxygens (including phenoxy) is 1. The number of rotatable bonds is 3. The standard InChI is InChI=1S/C14H8F6O/c1-7-2-11(17)13(12(18)3-7)14(19,20)21-10-5-8(15)4-9(16)6-10/h2-6H,1H3. The first-order valence-corrected chi connectivity index (χ1v) is 5.68. The lowest BCUT2D eigenvalue weighted by Crippen LogP contribution is -2.25. The van der Waals surface area contributed by atoms with Crippen LogP contribution >= 0.6 is 0 Å². The Labute approximate surface area is 115 Å². The third-order valence-corrected chi connectivity index (χ3v) is 2.56. The van der Waals surface area contributed by atoms with Gasteiger partial charge in [0, 0.05) is 18.2 Å². The highest BCUT2D eigenvalue weighted by Crippen LogP contribution is 2.35. The van der Waals surface area contributed by atoms with E-state index in [1.54, 1.807) is 0 Å². The van der Waals surface area contributed by atoms with Gasteiger partial charge >= 0.3 is 6.11 Å². The largest absolute Gasteiger partial charge is 0.432 e. The molecule has 0 spiro atoms. The van der Waals surface area contributed by atoms with Gasteiger partial charge in [0.1, 0.15) is 34.6 Å². The van der Waals surface area contributed by atoms with Gasteiger partial charge in [-0.15, -0.1) is 0 Å². The summed E-state index contributed by atoms with van der Waals surface area (Å²) in [5.74, 6) is -6.25. The summed E-state index contributed by atoms with van der Waals surface area (Å²) in [4.78, 5) is 0. The van der Waals surface area contributed by atoms with Gasteiger partial charge in [-0.25, -0.2) is 17.6 Å². The minimum atomic E-state index is -4.43. The van der Waals surface area contributed by atoms with Crippen LogP contribution in [0.3, 0.4) is 0 Å². The molecule has 2 aromatic carbocycles. The van der Waals surface area contributed by atoms with Crippen LogP contribution in [-0.4, -0.2) is 0 Å². The van der Waals surface area contributed by atoms with Crippen molar-refractivity contribution < 1.29 is 31.1 Å². The van der Waals surface area contributed by atoms with Crippen LogP contribution in [0.1, 0.15) is 11.1 Å². The molecule has 21 heavy (non-hydrogen) atoms. The Kier molecular flexibility index (Phi) is 3.85. The van der Waals surface area contributed by atoms with Gasteiger partial charge in [0.25, 0.3) is 0 Å². The summed E-state index contributed by atoms with van der Waals surface area (Å²) in [6, 6.07) is 2.78. The van der Waals surface area contributed by atoms with Crippen molar-refractivity contribution in [1.29, 1.82) is 0 Å². The summed E-state index contributed by atoms with van der Waals surface area (Å²) in [6.45, 7) is 1.32. The lowest BCUT2D eigenvalue weighted by molar-refractivity contribution is -0.189. The number of aryl methyl sites for hydroxylation is 1. The van der Waals surface area contributed by atoms with Gasteiger partial charge in [-0.05, 0) is 24.6 Å². The number of hydrogen-bond donors (Lipinski definition) is 0. The second-order valence-electron chi connectivity index (χ2n) is 4.33. The van der Waals surface area contributed by atoms with Crippen molar-refractivity contribution in [2.75, 3.05) is 0 Å². The van der Waals surface area contributed by atoms with Crippen molar-refractivity contribution >= 4 is 0 Å². The number of halogens is 6. The second-order valence-corrected chi connectivity index (χ2v) is 4.33. The summed E-state index contributed by atoms with van der Waals surface area (Å²) in [5.41, 5.74) is -1.53. The Morgan fingerprint density at radius 3 is 1.76 bits per heavy atom. The fraction of sp³-hybridized carbons (Fsp3) is 0.143. The van der Waals surface area contributed by atoms with Crippen LogP contribution in [0, 0.1) is 30.2 Å². The van der Waals surface area contributed by atoms with Crippen molar-refractivity contribution in [2.45, 2.75) is 13.0 Å². The molecule has 2 rings (SSSR count). The molecule has 0 radical (unpaired) electrons. The molecule has 0 saturated heterocycles. The minimum absolute atomic E-state index is 0.0985. The molecular formula is C14H8F6O. The summed E-state index contributed by atoms with van der Waals surface area (Å²) in [7, 11) is 0. The van der Waals surface area contributed by atoms with Crippen molar-refractivity contribution in [2.24, 2.45) is 0 Å². The maximum absolute atomic E-state index is 13.8. The quantitative estimate of drug-likeness (QED) is 0.748. The van der Waals surface area contributed by atoms with E-state index in [0.717, 1.165) is 0 Å². The molecule has 7 heteroatoms. The van der Waals surface area contributed by atoms with E-state index in [1.165, 1.54) is 6.92 Å². The molecule has 0 aliphatic rings. The molecule has 0 aliphatic heterocycles. The predicted octanol–water partition coefficient (Wildman–Crippen LogP) is 4.68. The lowest BCUT2D eigenvalue weighted by atomic mass is 10.1. The zero-order valence-corrected chi connectivity index (χ0v) is 10.6. The van der Waals surface area contributed by atoms with Gasteiger partial charge in [0.2, 0.25) is 0 Å². The van der Waals surface area contributed by atoms with E-state index in [0.29, 0.717) is 30.3 Å². The van der Waals surface area contributed by atoms with Crippen LogP contribution < -0.4 is 4.74 Å². The molecule has 0 heterocycles. The van der Waals surface area contributed by atoms with E-state index < -0.39 is 40.7 Å². The number of benzene rings is 2. The molecule has 0 saturated carbocycles. The van der Waals surface area contributed by atoms with Gasteiger partial charge in [-0.2, -0.15) is 8.78 Å². The third kappa shape index (κ3) is 3.29. The topological polar surface area (TPSA) is 9.23 Å². The Morgan fingerprint density at radius 1 is 0.810 bits per heavy atom. The maximum atomic E-state index is 13.8. The Bertz CT molecular complexity index is 640. The van der Waals surface area contributed by atoms with Gasteiger partial charge in [0.05, 0.1) is 0 Å². The van der Waals surface area contributed by atoms with E-state index in [2.05, 4.69) is 4.74 Å². The van der Waals surface area contributed by atoms with Crippen molar-refractivity contribution in [3.05, 3.63) is 64.7 Å². The van der Waals surface area contributed by atoms with E-state index in [1.807, 2.05) is 0 Å². The average molecular weight is 306 g/mol. The summed E-state index contributed by atoms with van der Waals surface area (Å²) >= 11 is 0. The van der Waals surface area contributed by atoms with Crippen LogP contribution in [0.25, 0.3) is 0 Å². The molecule has 1 nitrogen and oxygen atoms in total. The predicted molar refractivity (Wildman–Crippen MR) is 62.0 cm³/mol. The molecule has 0 amide bonds. The Morgan fingerprint density at radius 2 is 1.29 bits per heavy atom. The molecule has 112 valence electrons. The Hall–Kier alpha value is -2.18. The molecule has 0 unspecified atom stereocenters. The van der Waals surface area contributed by atoms with E-state index in [-0.39, 0.29) is 5.56 Å².